The predicted molar refractivity (Wildman–Crippen MR) is 103 cm³/mol. The van der Waals surface area contributed by atoms with Crippen molar-refractivity contribution in [2.24, 2.45) is 0 Å². The second-order valence-electron chi connectivity index (χ2n) is 6.59. The third kappa shape index (κ3) is 4.33. The molecule has 3 aromatic rings. The van der Waals surface area contributed by atoms with Crippen LogP contribution in [-0.4, -0.2) is 39.8 Å². The van der Waals surface area contributed by atoms with Gasteiger partial charge in [0.2, 0.25) is 5.91 Å². The first-order valence-corrected chi connectivity index (χ1v) is 9.21. The Kier molecular flexibility index (Phi) is 5.43. The number of carbonyl (C=O) groups excluding carboxylic acids is 2. The summed E-state index contributed by atoms with van der Waals surface area (Å²) >= 11 is 0. The van der Waals surface area contributed by atoms with E-state index in [0.717, 1.165) is 18.2 Å². The molecule has 1 aliphatic rings. The number of hydrogen-bond acceptors (Lipinski definition) is 7. The van der Waals surface area contributed by atoms with E-state index in [1.54, 1.807) is 6.07 Å². The number of alkyl halides is 3. The second kappa shape index (κ2) is 8.21. The molecule has 1 amide bonds. The number of carbonyl (C=O) groups is 2. The molecule has 166 valence electrons. The van der Waals surface area contributed by atoms with Gasteiger partial charge in [0.25, 0.3) is 0 Å². The molecule has 0 bridgehead atoms. The Labute approximate surface area is 178 Å². The van der Waals surface area contributed by atoms with E-state index in [1.807, 2.05) is 0 Å². The van der Waals surface area contributed by atoms with Crippen molar-refractivity contribution in [3.8, 4) is 11.4 Å². The number of halogens is 3. The summed E-state index contributed by atoms with van der Waals surface area (Å²) in [6.45, 7) is 3.39. The Bertz CT molecular complexity index is 1190. The largest absolute Gasteiger partial charge is 0.573 e. The summed E-state index contributed by atoms with van der Waals surface area (Å²) < 4.78 is 52.7. The molecule has 3 heterocycles. The van der Waals surface area contributed by atoms with E-state index in [2.05, 4.69) is 26.7 Å². The van der Waals surface area contributed by atoms with E-state index in [9.17, 15) is 22.8 Å². The van der Waals surface area contributed by atoms with E-state index in [1.165, 1.54) is 23.0 Å². The van der Waals surface area contributed by atoms with Gasteiger partial charge in [-0.2, -0.15) is 5.10 Å². The number of benzene rings is 1. The molecule has 1 aromatic carbocycles. The zero-order valence-corrected chi connectivity index (χ0v) is 16.3. The van der Waals surface area contributed by atoms with Crippen LogP contribution in [0.4, 0.5) is 18.0 Å². The summed E-state index contributed by atoms with van der Waals surface area (Å²) in [5.41, 5.74) is 1.71. The minimum absolute atomic E-state index is 0.00381. The molecule has 9 nitrogen and oxygen atoms in total. The van der Waals surface area contributed by atoms with Gasteiger partial charge >= 0.3 is 12.5 Å². The highest BCUT2D eigenvalue weighted by atomic mass is 19.4. The number of nitrogens with one attached hydrogen (secondary N) is 1. The summed E-state index contributed by atoms with van der Waals surface area (Å²) in [6.07, 6.45) is -3.75. The van der Waals surface area contributed by atoms with Crippen LogP contribution in [0.15, 0.2) is 49.2 Å². The fourth-order valence-corrected chi connectivity index (χ4v) is 3.22. The van der Waals surface area contributed by atoms with Crippen molar-refractivity contribution < 1.29 is 37.0 Å². The van der Waals surface area contributed by atoms with Gasteiger partial charge in [0.15, 0.2) is 11.8 Å². The van der Waals surface area contributed by atoms with Gasteiger partial charge in [0.05, 0.1) is 23.3 Å². The number of hydrogen-bond donors (Lipinski definition) is 1. The van der Waals surface area contributed by atoms with Crippen molar-refractivity contribution in [2.45, 2.75) is 19.0 Å². The second-order valence-corrected chi connectivity index (χ2v) is 6.59. The van der Waals surface area contributed by atoms with Crippen LogP contribution in [0.5, 0.6) is 5.75 Å². The Balaban J connectivity index is 1.78. The smallest absolute Gasteiger partial charge is 0.430 e. The van der Waals surface area contributed by atoms with Crippen LogP contribution in [-0.2, 0) is 20.8 Å². The van der Waals surface area contributed by atoms with Gasteiger partial charge in [-0.25, -0.2) is 14.5 Å². The van der Waals surface area contributed by atoms with Crippen LogP contribution in [0.3, 0.4) is 0 Å². The van der Waals surface area contributed by atoms with Gasteiger partial charge in [-0.05, 0) is 36.4 Å². The van der Waals surface area contributed by atoms with Crippen molar-refractivity contribution in [1.82, 2.24) is 20.1 Å². The van der Waals surface area contributed by atoms with Gasteiger partial charge in [-0.3, -0.25) is 4.79 Å². The maximum Gasteiger partial charge on any atom is 0.573 e. The van der Waals surface area contributed by atoms with E-state index in [0.29, 0.717) is 28.0 Å². The minimum Gasteiger partial charge on any atom is -0.430 e. The van der Waals surface area contributed by atoms with Gasteiger partial charge in [0.1, 0.15) is 12.4 Å². The average Bonchev–Trinajstić information content (AvgIpc) is 3.35. The molecule has 0 radical (unpaired) electrons. The fourth-order valence-electron chi connectivity index (χ4n) is 3.22. The molecule has 12 heteroatoms. The molecule has 1 aliphatic heterocycles. The number of amides is 1. The highest BCUT2D eigenvalue weighted by Crippen LogP contribution is 2.33. The first-order chi connectivity index (χ1) is 15.2. The maximum atomic E-state index is 12.4. The lowest BCUT2D eigenvalue weighted by Crippen LogP contribution is -2.20. The number of rotatable bonds is 6. The normalized spacial score (nSPS) is 15.8. The molecule has 1 atom stereocenters. The van der Waals surface area contributed by atoms with Gasteiger partial charge in [0, 0.05) is 11.8 Å². The van der Waals surface area contributed by atoms with Crippen molar-refractivity contribution in [3.05, 3.63) is 60.4 Å². The van der Waals surface area contributed by atoms with Gasteiger partial charge in [-0.1, -0.05) is 6.58 Å². The van der Waals surface area contributed by atoms with Crippen LogP contribution in [0.2, 0.25) is 0 Å². The van der Waals surface area contributed by atoms with Crippen molar-refractivity contribution in [3.63, 3.8) is 0 Å². The monoisotopic (exact) mass is 448 g/mol. The van der Waals surface area contributed by atoms with Crippen molar-refractivity contribution >= 4 is 23.1 Å². The molecule has 1 N–H and O–H groups in total. The predicted octanol–water partition coefficient (Wildman–Crippen LogP) is 3.33. The van der Waals surface area contributed by atoms with E-state index >= 15 is 0 Å². The molecule has 1 fully saturated rings. The summed E-state index contributed by atoms with van der Waals surface area (Å²) in [5, 5.41) is 7.61. The average molecular weight is 448 g/mol. The lowest BCUT2D eigenvalue weighted by molar-refractivity contribution is -0.274. The fraction of sp³-hybridized carbons (Fsp3) is 0.200. The molecule has 1 unspecified atom stereocenters. The molecule has 1 saturated heterocycles. The standard InChI is InChI=1S/C20H15F3N4O5/c1-2-16(28)25-9-14-17-13(15-10-30-19(29)31-15)7-8-24-18(17)27(26-14)11-3-5-12(6-4-11)32-20(21,22)23/h2-8,15H,1,9-10H2,(H,25,28). The lowest BCUT2D eigenvalue weighted by Gasteiger charge is -2.10. The SMILES string of the molecule is C=CC(=O)NCc1nn(-c2ccc(OC(F)(F)F)cc2)c2nccc(C3COC(=O)O3)c12. The number of aromatic nitrogens is 3. The Morgan fingerprint density at radius 1 is 1.31 bits per heavy atom. The Hall–Kier alpha value is -4.09. The van der Waals surface area contributed by atoms with Crippen LogP contribution in [0.25, 0.3) is 16.7 Å². The first-order valence-electron chi connectivity index (χ1n) is 9.21. The molecule has 4 rings (SSSR count). The van der Waals surface area contributed by atoms with E-state index in [-0.39, 0.29) is 18.9 Å². The molecule has 0 spiro atoms. The van der Waals surface area contributed by atoms with Crippen LogP contribution in [0, 0.1) is 0 Å². The van der Waals surface area contributed by atoms with Crippen molar-refractivity contribution in [1.29, 1.82) is 0 Å². The molecule has 0 aliphatic carbocycles. The zero-order valence-electron chi connectivity index (χ0n) is 16.3. The number of fused-ring (bicyclic) bond motifs is 1. The third-order valence-electron chi connectivity index (χ3n) is 4.54. The maximum absolute atomic E-state index is 12.4. The Morgan fingerprint density at radius 2 is 2.06 bits per heavy atom. The lowest BCUT2D eigenvalue weighted by atomic mass is 10.1. The number of cyclic esters (lactones) is 2. The number of nitrogens with zero attached hydrogens (tertiary/aromatic N) is 3. The number of pyridine rings is 1. The van der Waals surface area contributed by atoms with Gasteiger partial charge < -0.3 is 19.5 Å². The first kappa shape index (κ1) is 21.2. The quantitative estimate of drug-likeness (QED) is 0.456. The topological polar surface area (TPSA) is 105 Å². The summed E-state index contributed by atoms with van der Waals surface area (Å²) in [5.74, 6) is -0.817. The van der Waals surface area contributed by atoms with E-state index < -0.39 is 24.5 Å². The third-order valence-corrected chi connectivity index (χ3v) is 4.54. The summed E-state index contributed by atoms with van der Waals surface area (Å²) in [4.78, 5) is 27.4. The minimum atomic E-state index is -4.81. The zero-order chi connectivity index (χ0) is 22.9. The number of ether oxygens (including phenoxy) is 3. The molecule has 32 heavy (non-hydrogen) atoms. The highest BCUT2D eigenvalue weighted by molar-refractivity contribution is 5.88. The highest BCUT2D eigenvalue weighted by Gasteiger charge is 2.32. The molecule has 0 saturated carbocycles. The molecular weight excluding hydrogens is 433 g/mol. The van der Waals surface area contributed by atoms with Crippen molar-refractivity contribution in [2.75, 3.05) is 6.61 Å². The van der Waals surface area contributed by atoms with E-state index in [4.69, 9.17) is 9.47 Å². The van der Waals surface area contributed by atoms with Crippen LogP contribution in [0.1, 0.15) is 17.4 Å². The van der Waals surface area contributed by atoms with Gasteiger partial charge in [-0.15, -0.1) is 13.2 Å². The van der Waals surface area contributed by atoms with Crippen LogP contribution >= 0.6 is 0 Å². The summed E-state index contributed by atoms with van der Waals surface area (Å²) in [7, 11) is 0. The Morgan fingerprint density at radius 3 is 2.69 bits per heavy atom. The van der Waals surface area contributed by atoms with Crippen LogP contribution < -0.4 is 10.1 Å². The summed E-state index contributed by atoms with van der Waals surface area (Å²) in [6, 6.07) is 6.69. The molecular formula is C20H15F3N4O5. The molecule has 2 aromatic heterocycles.